The smallest absolute Gasteiger partial charge is 0.320 e. The Balaban J connectivity index is 2.46. The molecular weight excluding hydrogens is 244 g/mol. The fraction of sp³-hybridized carbons (Fsp3) is 0.467. The van der Waals surface area contributed by atoms with Gasteiger partial charge in [0.05, 0.1) is 6.61 Å². The summed E-state index contributed by atoms with van der Waals surface area (Å²) >= 11 is 0. The third-order valence-corrected chi connectivity index (χ3v) is 2.95. The van der Waals surface area contributed by atoms with Gasteiger partial charge in [0, 0.05) is 0 Å². The first-order valence-corrected chi connectivity index (χ1v) is 6.49. The molecule has 19 heavy (non-hydrogen) atoms. The molecule has 0 fully saturated rings. The second-order valence-electron chi connectivity index (χ2n) is 4.52. The van der Waals surface area contributed by atoms with Gasteiger partial charge in [-0.2, -0.15) is 0 Å². The van der Waals surface area contributed by atoms with Gasteiger partial charge in [0.2, 0.25) is 0 Å². The van der Waals surface area contributed by atoms with E-state index in [0.29, 0.717) is 12.8 Å². The Bertz CT molecular complexity index is 422. The van der Waals surface area contributed by atoms with Crippen LogP contribution in [-0.4, -0.2) is 23.7 Å². The Hall–Kier alpha value is -1.84. The number of carbonyl (C=O) groups is 2. The van der Waals surface area contributed by atoms with E-state index in [4.69, 9.17) is 9.84 Å². The average Bonchev–Trinajstić information content (AvgIpc) is 2.36. The molecule has 0 aliphatic rings. The lowest BCUT2D eigenvalue weighted by Crippen LogP contribution is -2.26. The van der Waals surface area contributed by atoms with Gasteiger partial charge in [0.1, 0.15) is 0 Å². The average molecular weight is 264 g/mol. The molecule has 0 amide bonds. The van der Waals surface area contributed by atoms with Crippen LogP contribution in [0.5, 0.6) is 0 Å². The van der Waals surface area contributed by atoms with Gasteiger partial charge in [0.25, 0.3) is 0 Å². The maximum atomic E-state index is 11.5. The number of benzene rings is 1. The molecule has 104 valence electrons. The summed E-state index contributed by atoms with van der Waals surface area (Å²) in [4.78, 5) is 22.5. The van der Waals surface area contributed by atoms with Crippen LogP contribution in [0, 0.1) is 12.8 Å². The predicted molar refractivity (Wildman–Crippen MR) is 71.9 cm³/mol. The summed E-state index contributed by atoms with van der Waals surface area (Å²) in [6.07, 6.45) is 1.73. The molecule has 0 aliphatic carbocycles. The molecule has 1 N–H and O–H groups in total. The largest absolute Gasteiger partial charge is 0.481 e. The van der Waals surface area contributed by atoms with E-state index in [1.807, 2.05) is 31.2 Å². The number of carboxylic acid groups (broad SMARTS) is 1. The molecule has 0 spiro atoms. The van der Waals surface area contributed by atoms with Gasteiger partial charge in [-0.1, -0.05) is 29.8 Å². The Morgan fingerprint density at radius 1 is 1.26 bits per heavy atom. The molecule has 1 atom stereocenters. The second kappa shape index (κ2) is 7.56. The zero-order valence-corrected chi connectivity index (χ0v) is 11.4. The number of aryl methyl sites for hydroxylation is 2. The first kappa shape index (κ1) is 15.2. The number of rotatable bonds is 7. The molecule has 0 saturated heterocycles. The van der Waals surface area contributed by atoms with E-state index in [2.05, 4.69) is 0 Å². The van der Waals surface area contributed by atoms with Crippen molar-refractivity contribution in [1.29, 1.82) is 0 Å². The highest BCUT2D eigenvalue weighted by Crippen LogP contribution is 2.13. The van der Waals surface area contributed by atoms with Crippen LogP contribution >= 0.6 is 0 Å². The van der Waals surface area contributed by atoms with Gasteiger partial charge in [-0.15, -0.1) is 0 Å². The lowest BCUT2D eigenvalue weighted by molar-refractivity contribution is -0.158. The van der Waals surface area contributed by atoms with Crippen molar-refractivity contribution in [2.24, 2.45) is 5.92 Å². The minimum atomic E-state index is -1.11. The highest BCUT2D eigenvalue weighted by Gasteiger charge is 2.26. The third kappa shape index (κ3) is 5.12. The number of hydrogen-bond acceptors (Lipinski definition) is 3. The minimum absolute atomic E-state index is 0.209. The molecule has 1 aromatic rings. The van der Waals surface area contributed by atoms with E-state index < -0.39 is 17.9 Å². The number of hydrogen-bond donors (Lipinski definition) is 1. The van der Waals surface area contributed by atoms with E-state index >= 15 is 0 Å². The summed E-state index contributed by atoms with van der Waals surface area (Å²) in [5.74, 6) is -2.80. The summed E-state index contributed by atoms with van der Waals surface area (Å²) in [6.45, 7) is 3.90. The summed E-state index contributed by atoms with van der Waals surface area (Å²) in [6, 6.07) is 8.09. The SMILES string of the molecule is CCOC(=O)[C@@H](CCCc1ccc(C)cc1)C(=O)O. The van der Waals surface area contributed by atoms with Crippen molar-refractivity contribution in [2.75, 3.05) is 6.61 Å². The van der Waals surface area contributed by atoms with Gasteiger partial charge in [-0.3, -0.25) is 9.59 Å². The Morgan fingerprint density at radius 2 is 1.89 bits per heavy atom. The quantitative estimate of drug-likeness (QED) is 0.607. The van der Waals surface area contributed by atoms with E-state index in [1.54, 1.807) is 6.92 Å². The van der Waals surface area contributed by atoms with E-state index in [-0.39, 0.29) is 6.61 Å². The van der Waals surface area contributed by atoms with Crippen LogP contribution < -0.4 is 0 Å². The van der Waals surface area contributed by atoms with Crippen LogP contribution in [0.2, 0.25) is 0 Å². The first-order valence-electron chi connectivity index (χ1n) is 6.49. The van der Waals surface area contributed by atoms with Gasteiger partial charge >= 0.3 is 11.9 Å². The van der Waals surface area contributed by atoms with E-state index in [0.717, 1.165) is 12.0 Å². The lowest BCUT2D eigenvalue weighted by Gasteiger charge is -2.11. The van der Waals surface area contributed by atoms with Crippen molar-refractivity contribution in [2.45, 2.75) is 33.1 Å². The molecule has 1 rings (SSSR count). The fourth-order valence-electron chi connectivity index (χ4n) is 1.85. The molecule has 0 radical (unpaired) electrons. The molecule has 0 aliphatic heterocycles. The Labute approximate surface area is 113 Å². The van der Waals surface area contributed by atoms with E-state index in [1.165, 1.54) is 5.56 Å². The monoisotopic (exact) mass is 264 g/mol. The fourth-order valence-corrected chi connectivity index (χ4v) is 1.85. The normalized spacial score (nSPS) is 11.9. The highest BCUT2D eigenvalue weighted by atomic mass is 16.5. The molecule has 0 heterocycles. The number of aliphatic carboxylic acids is 1. The maximum Gasteiger partial charge on any atom is 0.320 e. The van der Waals surface area contributed by atoms with Gasteiger partial charge in [0.15, 0.2) is 5.92 Å². The summed E-state index contributed by atoms with van der Waals surface area (Å²) < 4.78 is 4.76. The summed E-state index contributed by atoms with van der Waals surface area (Å²) in [7, 11) is 0. The number of carboxylic acids is 1. The highest BCUT2D eigenvalue weighted by molar-refractivity contribution is 5.93. The maximum absolute atomic E-state index is 11.5. The minimum Gasteiger partial charge on any atom is -0.481 e. The topological polar surface area (TPSA) is 63.6 Å². The van der Waals surface area contributed by atoms with Crippen molar-refractivity contribution in [3.8, 4) is 0 Å². The lowest BCUT2D eigenvalue weighted by atomic mass is 9.99. The Morgan fingerprint density at radius 3 is 2.42 bits per heavy atom. The number of carbonyl (C=O) groups excluding carboxylic acids is 1. The van der Waals surface area contributed by atoms with Gasteiger partial charge in [-0.05, 0) is 38.7 Å². The third-order valence-electron chi connectivity index (χ3n) is 2.95. The Kier molecular flexibility index (Phi) is 6.06. The zero-order valence-electron chi connectivity index (χ0n) is 11.4. The van der Waals surface area contributed by atoms with Crippen molar-refractivity contribution in [1.82, 2.24) is 0 Å². The van der Waals surface area contributed by atoms with Crippen LogP contribution in [0.1, 0.15) is 30.9 Å². The second-order valence-corrected chi connectivity index (χ2v) is 4.52. The van der Waals surface area contributed by atoms with Crippen LogP contribution in [0.4, 0.5) is 0 Å². The van der Waals surface area contributed by atoms with Crippen molar-refractivity contribution >= 4 is 11.9 Å². The molecule has 4 nitrogen and oxygen atoms in total. The summed E-state index contributed by atoms with van der Waals surface area (Å²) in [5, 5.41) is 9.00. The van der Waals surface area contributed by atoms with Crippen LogP contribution in [0.25, 0.3) is 0 Å². The molecule has 4 heteroatoms. The molecule has 0 unspecified atom stereocenters. The molecular formula is C15H20O4. The first-order chi connectivity index (χ1) is 9.04. The summed E-state index contributed by atoms with van der Waals surface area (Å²) in [5.41, 5.74) is 2.34. The zero-order chi connectivity index (χ0) is 14.3. The molecule has 0 aromatic heterocycles. The standard InChI is InChI=1S/C15H20O4/c1-3-19-15(18)13(14(16)17)6-4-5-12-9-7-11(2)8-10-12/h7-10,13H,3-6H2,1-2H3,(H,16,17)/t13-/m0/s1. The molecule has 0 saturated carbocycles. The molecule has 1 aromatic carbocycles. The van der Waals surface area contributed by atoms with Crippen molar-refractivity contribution in [3.63, 3.8) is 0 Å². The van der Waals surface area contributed by atoms with E-state index in [9.17, 15) is 9.59 Å². The predicted octanol–water partition coefficient (Wildman–Crippen LogP) is 2.58. The number of esters is 1. The number of ether oxygens (including phenoxy) is 1. The van der Waals surface area contributed by atoms with Crippen molar-refractivity contribution in [3.05, 3.63) is 35.4 Å². The van der Waals surface area contributed by atoms with Crippen molar-refractivity contribution < 1.29 is 19.4 Å². The molecule has 0 bridgehead atoms. The van der Waals surface area contributed by atoms with Gasteiger partial charge in [-0.25, -0.2) is 0 Å². The van der Waals surface area contributed by atoms with Crippen LogP contribution in [-0.2, 0) is 20.7 Å². The van der Waals surface area contributed by atoms with Crippen LogP contribution in [0.3, 0.4) is 0 Å². The van der Waals surface area contributed by atoms with Gasteiger partial charge < -0.3 is 9.84 Å². The van der Waals surface area contributed by atoms with Crippen LogP contribution in [0.15, 0.2) is 24.3 Å².